The number of anilines is 1. The van der Waals surface area contributed by atoms with Crippen LogP contribution in [0.2, 0.25) is 0 Å². The van der Waals surface area contributed by atoms with Crippen molar-refractivity contribution in [1.29, 1.82) is 0 Å². The van der Waals surface area contributed by atoms with Crippen LogP contribution in [0.4, 0.5) is 5.69 Å². The van der Waals surface area contributed by atoms with Crippen LogP contribution in [0.1, 0.15) is 10.4 Å². The molecule has 0 aromatic heterocycles. The van der Waals surface area contributed by atoms with E-state index in [-0.39, 0.29) is 5.91 Å². The lowest BCUT2D eigenvalue weighted by molar-refractivity contribution is 0.0630. The molecular weight excluding hydrogens is 252 g/mol. The summed E-state index contributed by atoms with van der Waals surface area (Å²) in [5.74, 6) is 0.109. The number of hydrogen-bond donors (Lipinski definition) is 1. The van der Waals surface area contributed by atoms with Gasteiger partial charge >= 0.3 is 0 Å². The molecule has 0 aliphatic carbocycles. The predicted molar refractivity (Wildman–Crippen MR) is 81.8 cm³/mol. The molecule has 1 aromatic carbocycles. The van der Waals surface area contributed by atoms with Crippen molar-refractivity contribution < 1.29 is 4.79 Å². The summed E-state index contributed by atoms with van der Waals surface area (Å²) < 4.78 is 0. The predicted octanol–water partition coefficient (Wildman–Crippen LogP) is 0.588. The lowest BCUT2D eigenvalue weighted by Crippen LogP contribution is -2.49. The van der Waals surface area contributed by atoms with E-state index >= 15 is 0 Å². The molecule has 1 saturated heterocycles. The summed E-state index contributed by atoms with van der Waals surface area (Å²) in [5, 5.41) is 0. The van der Waals surface area contributed by atoms with Crippen molar-refractivity contribution >= 4 is 11.6 Å². The molecular formula is C15H24N4O. The largest absolute Gasteiger partial charge is 0.399 e. The van der Waals surface area contributed by atoms with Gasteiger partial charge in [0.05, 0.1) is 0 Å². The smallest absolute Gasteiger partial charge is 0.253 e. The summed E-state index contributed by atoms with van der Waals surface area (Å²) in [4.78, 5) is 18.9. The third-order valence-electron chi connectivity index (χ3n) is 3.68. The second kappa shape index (κ2) is 6.72. The van der Waals surface area contributed by atoms with E-state index in [4.69, 9.17) is 5.73 Å². The maximum Gasteiger partial charge on any atom is 0.253 e. The molecule has 0 atom stereocenters. The third kappa shape index (κ3) is 3.95. The monoisotopic (exact) mass is 276 g/mol. The molecule has 1 amide bonds. The average Bonchev–Trinajstić information content (AvgIpc) is 2.46. The zero-order valence-corrected chi connectivity index (χ0v) is 12.4. The highest BCUT2D eigenvalue weighted by Crippen LogP contribution is 2.11. The van der Waals surface area contributed by atoms with E-state index in [9.17, 15) is 4.79 Å². The van der Waals surface area contributed by atoms with Gasteiger partial charge in [0.15, 0.2) is 0 Å². The number of nitrogens with two attached hydrogens (primary N) is 1. The molecule has 110 valence electrons. The summed E-state index contributed by atoms with van der Waals surface area (Å²) in [6.07, 6.45) is 0. The summed E-state index contributed by atoms with van der Waals surface area (Å²) in [6, 6.07) is 7.16. The lowest BCUT2D eigenvalue weighted by atomic mass is 10.1. The Morgan fingerprint density at radius 2 is 1.75 bits per heavy atom. The van der Waals surface area contributed by atoms with Crippen molar-refractivity contribution in [1.82, 2.24) is 14.7 Å². The first-order valence-corrected chi connectivity index (χ1v) is 7.08. The standard InChI is InChI=1S/C15H24N4O/c1-17(2)7-8-18-9-11-19(12-10-18)15(20)13-3-5-14(16)6-4-13/h3-6H,7-12,16H2,1-2H3. The number of rotatable bonds is 4. The van der Waals surface area contributed by atoms with Crippen molar-refractivity contribution in [3.05, 3.63) is 29.8 Å². The number of likely N-dealkylation sites (N-methyl/N-ethyl adjacent to an activating group) is 1. The Kier molecular flexibility index (Phi) is 4.98. The van der Waals surface area contributed by atoms with E-state index in [0.29, 0.717) is 5.69 Å². The summed E-state index contributed by atoms with van der Waals surface area (Å²) in [6.45, 7) is 5.64. The van der Waals surface area contributed by atoms with Gasteiger partial charge in [0.25, 0.3) is 5.91 Å². The van der Waals surface area contributed by atoms with Crippen LogP contribution in [0.3, 0.4) is 0 Å². The third-order valence-corrected chi connectivity index (χ3v) is 3.68. The highest BCUT2D eigenvalue weighted by Gasteiger charge is 2.21. The van der Waals surface area contributed by atoms with Crippen LogP contribution in [-0.2, 0) is 0 Å². The first-order valence-electron chi connectivity index (χ1n) is 7.08. The molecule has 1 fully saturated rings. The molecule has 1 aliphatic rings. The van der Waals surface area contributed by atoms with Gasteiger partial charge in [0.1, 0.15) is 0 Å². The summed E-state index contributed by atoms with van der Waals surface area (Å²) in [7, 11) is 4.17. The normalized spacial score (nSPS) is 16.6. The van der Waals surface area contributed by atoms with Gasteiger partial charge in [-0.15, -0.1) is 0 Å². The van der Waals surface area contributed by atoms with Gasteiger partial charge in [0, 0.05) is 50.5 Å². The van der Waals surface area contributed by atoms with Crippen LogP contribution >= 0.6 is 0 Å². The maximum atomic E-state index is 12.3. The Balaban J connectivity index is 1.84. The van der Waals surface area contributed by atoms with Crippen LogP contribution in [0, 0.1) is 0 Å². The quantitative estimate of drug-likeness (QED) is 0.818. The van der Waals surface area contributed by atoms with Gasteiger partial charge in [-0.25, -0.2) is 0 Å². The highest BCUT2D eigenvalue weighted by atomic mass is 16.2. The zero-order valence-electron chi connectivity index (χ0n) is 12.4. The molecule has 1 heterocycles. The topological polar surface area (TPSA) is 52.8 Å². The maximum absolute atomic E-state index is 12.3. The Bertz CT molecular complexity index is 436. The van der Waals surface area contributed by atoms with Gasteiger partial charge < -0.3 is 15.5 Å². The summed E-state index contributed by atoms with van der Waals surface area (Å²) in [5.41, 5.74) is 7.06. The molecule has 0 unspecified atom stereocenters. The van der Waals surface area contributed by atoms with Crippen molar-refractivity contribution in [2.75, 3.05) is 59.1 Å². The minimum absolute atomic E-state index is 0.109. The first-order chi connectivity index (χ1) is 9.56. The number of benzene rings is 1. The van der Waals surface area contributed by atoms with Crippen molar-refractivity contribution in [2.45, 2.75) is 0 Å². The highest BCUT2D eigenvalue weighted by molar-refractivity contribution is 5.94. The molecule has 1 aliphatic heterocycles. The lowest BCUT2D eigenvalue weighted by Gasteiger charge is -2.35. The van der Waals surface area contributed by atoms with Gasteiger partial charge in [-0.3, -0.25) is 9.69 Å². The average molecular weight is 276 g/mol. The second-order valence-corrected chi connectivity index (χ2v) is 5.56. The molecule has 20 heavy (non-hydrogen) atoms. The minimum Gasteiger partial charge on any atom is -0.399 e. The van der Waals surface area contributed by atoms with Crippen LogP contribution in [0.5, 0.6) is 0 Å². The zero-order chi connectivity index (χ0) is 14.5. The number of nitrogen functional groups attached to an aromatic ring is 1. The molecule has 5 heteroatoms. The van der Waals surface area contributed by atoms with Crippen molar-refractivity contribution in [3.63, 3.8) is 0 Å². The second-order valence-electron chi connectivity index (χ2n) is 5.56. The molecule has 0 spiro atoms. The van der Waals surface area contributed by atoms with E-state index < -0.39 is 0 Å². The Labute approximate surface area is 120 Å². The van der Waals surface area contributed by atoms with Crippen LogP contribution in [0.25, 0.3) is 0 Å². The van der Waals surface area contributed by atoms with Gasteiger partial charge in [0.2, 0.25) is 0 Å². The fourth-order valence-corrected chi connectivity index (χ4v) is 2.32. The van der Waals surface area contributed by atoms with E-state index in [0.717, 1.165) is 44.8 Å². The number of hydrogen-bond acceptors (Lipinski definition) is 4. The molecule has 2 rings (SSSR count). The fraction of sp³-hybridized carbons (Fsp3) is 0.533. The molecule has 0 saturated carbocycles. The molecule has 0 radical (unpaired) electrons. The van der Waals surface area contributed by atoms with E-state index in [1.807, 2.05) is 4.90 Å². The molecule has 0 bridgehead atoms. The van der Waals surface area contributed by atoms with Gasteiger partial charge in [-0.05, 0) is 38.4 Å². The molecule has 2 N–H and O–H groups in total. The fourth-order valence-electron chi connectivity index (χ4n) is 2.32. The van der Waals surface area contributed by atoms with E-state index in [1.54, 1.807) is 24.3 Å². The Morgan fingerprint density at radius 1 is 1.15 bits per heavy atom. The van der Waals surface area contributed by atoms with Crippen molar-refractivity contribution in [2.24, 2.45) is 0 Å². The number of carbonyl (C=O) groups is 1. The first kappa shape index (κ1) is 14.8. The Hall–Kier alpha value is -1.59. The van der Waals surface area contributed by atoms with Gasteiger partial charge in [-0.1, -0.05) is 0 Å². The number of nitrogens with zero attached hydrogens (tertiary/aromatic N) is 3. The minimum atomic E-state index is 0.109. The van der Waals surface area contributed by atoms with Crippen LogP contribution in [0.15, 0.2) is 24.3 Å². The Morgan fingerprint density at radius 3 is 2.30 bits per heavy atom. The number of amides is 1. The molecule has 5 nitrogen and oxygen atoms in total. The number of piperazine rings is 1. The van der Waals surface area contributed by atoms with Crippen LogP contribution < -0.4 is 5.73 Å². The number of carbonyl (C=O) groups excluding carboxylic acids is 1. The van der Waals surface area contributed by atoms with E-state index in [1.165, 1.54) is 0 Å². The van der Waals surface area contributed by atoms with Gasteiger partial charge in [-0.2, -0.15) is 0 Å². The van der Waals surface area contributed by atoms with Crippen LogP contribution in [-0.4, -0.2) is 74.0 Å². The SMILES string of the molecule is CN(C)CCN1CCN(C(=O)c2ccc(N)cc2)CC1. The molecule has 1 aromatic rings. The van der Waals surface area contributed by atoms with E-state index in [2.05, 4.69) is 23.9 Å². The summed E-state index contributed by atoms with van der Waals surface area (Å²) >= 11 is 0. The van der Waals surface area contributed by atoms with Crippen molar-refractivity contribution in [3.8, 4) is 0 Å².